The zero-order valence-electron chi connectivity index (χ0n) is 12.8. The number of hydrogen-bond acceptors (Lipinski definition) is 4. The van der Waals surface area contributed by atoms with Crippen LogP contribution >= 0.6 is 0 Å². The van der Waals surface area contributed by atoms with Crippen molar-refractivity contribution in [3.05, 3.63) is 78.1 Å². The van der Waals surface area contributed by atoms with Crippen molar-refractivity contribution in [3.63, 3.8) is 0 Å². The zero-order chi connectivity index (χ0) is 15.9. The van der Waals surface area contributed by atoms with E-state index in [1.54, 1.807) is 11.0 Å². The van der Waals surface area contributed by atoms with Gasteiger partial charge in [-0.2, -0.15) is 15.0 Å². The molecule has 1 heterocycles. The number of benzene rings is 2. The van der Waals surface area contributed by atoms with Crippen LogP contribution in [0, 0.1) is 0 Å². The number of aromatic nitrogens is 3. The average molecular weight is 308 g/mol. The van der Waals surface area contributed by atoms with E-state index < -0.39 is 0 Å². The number of para-hydroxylation sites is 1. The van der Waals surface area contributed by atoms with Gasteiger partial charge >= 0.3 is 0 Å². The maximum absolute atomic E-state index is 9.28. The summed E-state index contributed by atoms with van der Waals surface area (Å²) in [6, 6.07) is 20.1. The molecule has 0 spiro atoms. The molecule has 3 rings (SSSR count). The first-order valence-corrected chi connectivity index (χ1v) is 7.72. The quantitative estimate of drug-likeness (QED) is 0.704. The SMILES string of the molecule is OCCC(NCc1cnn(-c2ccccc2)n1)c1ccccc1. The second-order valence-corrected chi connectivity index (χ2v) is 5.32. The Hall–Kier alpha value is -2.50. The Labute approximate surface area is 135 Å². The van der Waals surface area contributed by atoms with Crippen molar-refractivity contribution in [1.29, 1.82) is 0 Å². The third-order valence-corrected chi connectivity index (χ3v) is 3.68. The lowest BCUT2D eigenvalue weighted by molar-refractivity contribution is 0.265. The van der Waals surface area contributed by atoms with E-state index in [1.807, 2.05) is 48.5 Å². The number of hydrogen-bond donors (Lipinski definition) is 2. The molecule has 1 unspecified atom stereocenters. The van der Waals surface area contributed by atoms with Crippen LogP contribution in [0.4, 0.5) is 0 Å². The third kappa shape index (κ3) is 4.03. The summed E-state index contributed by atoms with van der Waals surface area (Å²) in [6.45, 7) is 0.746. The maximum Gasteiger partial charge on any atom is 0.0969 e. The predicted molar refractivity (Wildman–Crippen MR) is 89.1 cm³/mol. The number of aliphatic hydroxyl groups excluding tert-OH is 1. The Bertz CT molecular complexity index is 712. The van der Waals surface area contributed by atoms with Crippen molar-refractivity contribution < 1.29 is 5.11 Å². The highest BCUT2D eigenvalue weighted by Crippen LogP contribution is 2.16. The monoisotopic (exact) mass is 308 g/mol. The van der Waals surface area contributed by atoms with Crippen molar-refractivity contribution in [2.45, 2.75) is 19.0 Å². The third-order valence-electron chi connectivity index (χ3n) is 3.68. The smallest absolute Gasteiger partial charge is 0.0969 e. The molecule has 2 aromatic carbocycles. The van der Waals surface area contributed by atoms with Crippen LogP contribution < -0.4 is 5.32 Å². The van der Waals surface area contributed by atoms with Crippen LogP contribution in [-0.2, 0) is 6.54 Å². The molecule has 0 bridgehead atoms. The summed E-state index contributed by atoms with van der Waals surface area (Å²) in [7, 11) is 0. The van der Waals surface area contributed by atoms with Crippen LogP contribution in [-0.4, -0.2) is 26.7 Å². The Kier molecular flexibility index (Phi) is 5.13. The zero-order valence-corrected chi connectivity index (χ0v) is 12.8. The van der Waals surface area contributed by atoms with Gasteiger partial charge in [-0.3, -0.25) is 0 Å². The van der Waals surface area contributed by atoms with E-state index in [4.69, 9.17) is 0 Å². The number of nitrogens with zero attached hydrogens (tertiary/aromatic N) is 3. The highest BCUT2D eigenvalue weighted by molar-refractivity contribution is 5.28. The van der Waals surface area contributed by atoms with Crippen LogP contribution in [0.15, 0.2) is 66.9 Å². The minimum absolute atomic E-state index is 0.100. The Morgan fingerprint density at radius 2 is 1.70 bits per heavy atom. The van der Waals surface area contributed by atoms with Crippen LogP contribution in [0.2, 0.25) is 0 Å². The average Bonchev–Trinajstić information content (AvgIpc) is 3.09. The molecular formula is C18H20N4O. The van der Waals surface area contributed by atoms with E-state index in [9.17, 15) is 5.11 Å². The largest absolute Gasteiger partial charge is 0.396 e. The first kappa shape index (κ1) is 15.4. The minimum atomic E-state index is 0.100. The molecule has 2 N–H and O–H groups in total. The van der Waals surface area contributed by atoms with Crippen molar-refractivity contribution in [2.24, 2.45) is 0 Å². The van der Waals surface area contributed by atoms with Gasteiger partial charge in [-0.05, 0) is 24.1 Å². The van der Waals surface area contributed by atoms with Gasteiger partial charge in [-0.15, -0.1) is 0 Å². The van der Waals surface area contributed by atoms with Crippen molar-refractivity contribution >= 4 is 0 Å². The molecule has 0 saturated carbocycles. The topological polar surface area (TPSA) is 63.0 Å². The summed E-state index contributed by atoms with van der Waals surface area (Å²) < 4.78 is 0. The Morgan fingerprint density at radius 1 is 1.00 bits per heavy atom. The first-order chi connectivity index (χ1) is 11.4. The second-order valence-electron chi connectivity index (χ2n) is 5.32. The molecular weight excluding hydrogens is 288 g/mol. The molecule has 1 aromatic heterocycles. The van der Waals surface area contributed by atoms with E-state index in [0.29, 0.717) is 13.0 Å². The van der Waals surface area contributed by atoms with Gasteiger partial charge in [-0.1, -0.05) is 48.5 Å². The van der Waals surface area contributed by atoms with Crippen molar-refractivity contribution in [1.82, 2.24) is 20.3 Å². The number of aliphatic hydroxyl groups is 1. The molecule has 0 amide bonds. The summed E-state index contributed by atoms with van der Waals surface area (Å²) in [5.41, 5.74) is 2.97. The highest BCUT2D eigenvalue weighted by Gasteiger charge is 2.11. The molecule has 0 aliphatic carbocycles. The molecule has 118 valence electrons. The summed E-state index contributed by atoms with van der Waals surface area (Å²) in [4.78, 5) is 1.63. The molecule has 5 heteroatoms. The Morgan fingerprint density at radius 3 is 2.39 bits per heavy atom. The molecule has 0 saturated heterocycles. The molecule has 3 aromatic rings. The van der Waals surface area contributed by atoms with E-state index >= 15 is 0 Å². The lowest BCUT2D eigenvalue weighted by Gasteiger charge is -2.17. The lowest BCUT2D eigenvalue weighted by atomic mass is 10.0. The van der Waals surface area contributed by atoms with E-state index in [2.05, 4.69) is 27.6 Å². The number of nitrogens with one attached hydrogen (secondary N) is 1. The molecule has 1 atom stereocenters. The van der Waals surface area contributed by atoms with Gasteiger partial charge in [0.25, 0.3) is 0 Å². The van der Waals surface area contributed by atoms with E-state index in [0.717, 1.165) is 16.9 Å². The first-order valence-electron chi connectivity index (χ1n) is 7.72. The normalized spacial score (nSPS) is 12.2. The highest BCUT2D eigenvalue weighted by atomic mass is 16.3. The van der Waals surface area contributed by atoms with Gasteiger partial charge in [0.05, 0.1) is 17.6 Å². The van der Waals surface area contributed by atoms with Gasteiger partial charge in [0, 0.05) is 19.2 Å². The minimum Gasteiger partial charge on any atom is -0.396 e. The maximum atomic E-state index is 9.28. The molecule has 5 nitrogen and oxygen atoms in total. The fourth-order valence-corrected chi connectivity index (χ4v) is 2.49. The van der Waals surface area contributed by atoms with E-state index in [-0.39, 0.29) is 12.6 Å². The van der Waals surface area contributed by atoms with Crippen molar-refractivity contribution in [2.75, 3.05) is 6.61 Å². The predicted octanol–water partition coefficient (Wildman–Crippen LogP) is 2.48. The lowest BCUT2D eigenvalue weighted by Crippen LogP contribution is -2.22. The fourth-order valence-electron chi connectivity index (χ4n) is 2.49. The van der Waals surface area contributed by atoms with E-state index in [1.165, 1.54) is 0 Å². The molecule has 0 aliphatic heterocycles. The molecule has 0 fully saturated rings. The summed E-state index contributed by atoms with van der Waals surface area (Å²) in [6.07, 6.45) is 2.43. The second kappa shape index (κ2) is 7.67. The molecule has 0 radical (unpaired) electrons. The summed E-state index contributed by atoms with van der Waals surface area (Å²) >= 11 is 0. The van der Waals surface area contributed by atoms with Crippen LogP contribution in [0.1, 0.15) is 23.7 Å². The number of rotatable bonds is 7. The molecule has 0 aliphatic rings. The fraction of sp³-hybridized carbons (Fsp3) is 0.222. The van der Waals surface area contributed by atoms with Crippen LogP contribution in [0.25, 0.3) is 5.69 Å². The van der Waals surface area contributed by atoms with Gasteiger partial charge in [0.1, 0.15) is 0 Å². The van der Waals surface area contributed by atoms with Crippen LogP contribution in [0.3, 0.4) is 0 Å². The summed E-state index contributed by atoms with van der Waals surface area (Å²) in [5, 5.41) is 21.5. The molecule has 23 heavy (non-hydrogen) atoms. The van der Waals surface area contributed by atoms with Gasteiger partial charge in [0.2, 0.25) is 0 Å². The van der Waals surface area contributed by atoms with Crippen LogP contribution in [0.5, 0.6) is 0 Å². The van der Waals surface area contributed by atoms with Gasteiger partial charge in [-0.25, -0.2) is 0 Å². The van der Waals surface area contributed by atoms with Gasteiger partial charge < -0.3 is 10.4 Å². The standard InChI is InChI=1S/C18H20N4O/c23-12-11-18(15-7-3-1-4-8-15)19-13-16-14-20-22(21-16)17-9-5-2-6-10-17/h1-10,14,18-19,23H,11-13H2. The van der Waals surface area contributed by atoms with Gasteiger partial charge in [0.15, 0.2) is 0 Å². The van der Waals surface area contributed by atoms with Crippen molar-refractivity contribution in [3.8, 4) is 5.69 Å². The Balaban J connectivity index is 1.66. The summed E-state index contributed by atoms with van der Waals surface area (Å²) in [5.74, 6) is 0.